The lowest BCUT2D eigenvalue weighted by Crippen LogP contribution is -2.48. The van der Waals surface area contributed by atoms with Crippen LogP contribution in [-0.2, 0) is 11.2 Å². The average Bonchev–Trinajstić information content (AvgIpc) is 2.79. The van der Waals surface area contributed by atoms with Gasteiger partial charge in [-0.1, -0.05) is 58.2 Å². The molecule has 1 aromatic carbocycles. The van der Waals surface area contributed by atoms with Gasteiger partial charge in [-0.15, -0.1) is 0 Å². The number of urea groups is 1. The molecule has 8 heteroatoms. The van der Waals surface area contributed by atoms with Crippen LogP contribution < -0.4 is 10.2 Å². The number of amides is 3. The first-order valence-corrected chi connectivity index (χ1v) is 9.14. The van der Waals surface area contributed by atoms with Gasteiger partial charge in [0.1, 0.15) is 15.8 Å². The van der Waals surface area contributed by atoms with Gasteiger partial charge < -0.3 is 5.32 Å². The van der Waals surface area contributed by atoms with Crippen LogP contribution >= 0.6 is 39.1 Å². The van der Waals surface area contributed by atoms with E-state index in [1.54, 1.807) is 0 Å². The Morgan fingerprint density at radius 2 is 1.76 bits per heavy atom. The average molecular weight is 443 g/mol. The maximum Gasteiger partial charge on any atom is 0.329 e. The van der Waals surface area contributed by atoms with Crippen LogP contribution in [0.4, 0.5) is 10.5 Å². The van der Waals surface area contributed by atoms with E-state index in [4.69, 9.17) is 23.2 Å². The van der Waals surface area contributed by atoms with Crippen molar-refractivity contribution in [3.8, 4) is 0 Å². The number of rotatable bonds is 4. The van der Waals surface area contributed by atoms with Gasteiger partial charge in [0.25, 0.3) is 5.91 Å². The van der Waals surface area contributed by atoms with Crippen molar-refractivity contribution in [3.63, 3.8) is 0 Å². The molecule has 0 spiro atoms. The van der Waals surface area contributed by atoms with E-state index < -0.39 is 11.6 Å². The van der Waals surface area contributed by atoms with E-state index in [0.717, 1.165) is 14.9 Å². The number of aromatic nitrogens is 1. The molecular formula is C17H14BrCl2N3O2. The second kappa shape index (κ2) is 6.94. The molecule has 2 heterocycles. The van der Waals surface area contributed by atoms with Gasteiger partial charge in [0.2, 0.25) is 0 Å². The van der Waals surface area contributed by atoms with Gasteiger partial charge in [-0.2, -0.15) is 0 Å². The van der Waals surface area contributed by atoms with Crippen molar-refractivity contribution in [1.82, 2.24) is 10.3 Å². The monoisotopic (exact) mass is 441 g/mol. The lowest BCUT2D eigenvalue weighted by atomic mass is 9.88. The number of hydrogen-bond acceptors (Lipinski definition) is 3. The molecule has 1 aliphatic rings. The standard InChI is InChI=1S/C17H14BrCl2N3O2/c1-2-17(9-10-3-5-11(18)6-4-10)15(24)23(16(25)22-17)12-7-13(19)21-14(20)8-12/h3-8H,2,9H2,1H3,(H,22,25). The number of anilines is 1. The van der Waals surface area contributed by atoms with Gasteiger partial charge in [-0.3, -0.25) is 4.79 Å². The normalized spacial score (nSPS) is 20.1. The zero-order valence-electron chi connectivity index (χ0n) is 13.2. The number of nitrogens with one attached hydrogen (secondary N) is 1. The van der Waals surface area contributed by atoms with E-state index in [1.165, 1.54) is 12.1 Å². The van der Waals surface area contributed by atoms with E-state index in [0.29, 0.717) is 18.5 Å². The zero-order valence-corrected chi connectivity index (χ0v) is 16.3. The molecule has 1 fully saturated rings. The third-order valence-corrected chi connectivity index (χ3v) is 5.11. The Morgan fingerprint density at radius 1 is 1.16 bits per heavy atom. The molecule has 1 saturated heterocycles. The third kappa shape index (κ3) is 3.52. The van der Waals surface area contributed by atoms with E-state index in [-0.39, 0.29) is 16.2 Å². The summed E-state index contributed by atoms with van der Waals surface area (Å²) in [6.07, 6.45) is 0.848. The van der Waals surface area contributed by atoms with Crippen molar-refractivity contribution in [2.45, 2.75) is 25.3 Å². The summed E-state index contributed by atoms with van der Waals surface area (Å²) in [6.45, 7) is 1.87. The fourth-order valence-electron chi connectivity index (χ4n) is 2.87. The Hall–Kier alpha value is -1.63. The van der Waals surface area contributed by atoms with E-state index in [1.807, 2.05) is 31.2 Å². The minimum absolute atomic E-state index is 0.116. The van der Waals surface area contributed by atoms with Crippen LogP contribution in [0.3, 0.4) is 0 Å². The van der Waals surface area contributed by atoms with Crippen LogP contribution in [0.5, 0.6) is 0 Å². The lowest BCUT2D eigenvalue weighted by Gasteiger charge is -2.25. The van der Waals surface area contributed by atoms with E-state index in [9.17, 15) is 9.59 Å². The molecule has 0 radical (unpaired) electrons. The number of carbonyl (C=O) groups is 2. The molecule has 5 nitrogen and oxygen atoms in total. The number of imide groups is 1. The van der Waals surface area contributed by atoms with Gasteiger partial charge in [-0.25, -0.2) is 14.7 Å². The predicted molar refractivity (Wildman–Crippen MR) is 101 cm³/mol. The fraction of sp³-hybridized carbons (Fsp3) is 0.235. The zero-order chi connectivity index (χ0) is 18.2. The summed E-state index contributed by atoms with van der Waals surface area (Å²) in [5.41, 5.74) is 0.248. The Balaban J connectivity index is 1.96. The van der Waals surface area contributed by atoms with Crippen LogP contribution in [0.2, 0.25) is 10.3 Å². The SMILES string of the molecule is CCC1(Cc2ccc(Br)cc2)NC(=O)N(c2cc(Cl)nc(Cl)c2)C1=O. The number of nitrogens with zero attached hydrogens (tertiary/aromatic N) is 2. The summed E-state index contributed by atoms with van der Waals surface area (Å²) in [6, 6.07) is 10.0. The minimum Gasteiger partial charge on any atom is -0.322 e. The molecule has 2 aromatic rings. The quantitative estimate of drug-likeness (QED) is 0.555. The van der Waals surface area contributed by atoms with Crippen molar-refractivity contribution in [2.24, 2.45) is 0 Å². The topological polar surface area (TPSA) is 62.3 Å². The minimum atomic E-state index is -1.01. The molecule has 0 bridgehead atoms. The number of benzene rings is 1. The highest BCUT2D eigenvalue weighted by Crippen LogP contribution is 2.32. The number of halogens is 3. The predicted octanol–water partition coefficient (Wildman–Crippen LogP) is 4.60. The van der Waals surface area contributed by atoms with Gasteiger partial charge >= 0.3 is 6.03 Å². The first kappa shape index (κ1) is 18.2. The second-order valence-corrected chi connectivity index (χ2v) is 7.47. The summed E-state index contributed by atoms with van der Waals surface area (Å²) in [5.74, 6) is -0.332. The van der Waals surface area contributed by atoms with Crippen LogP contribution in [0, 0.1) is 0 Å². The number of pyridine rings is 1. The second-order valence-electron chi connectivity index (χ2n) is 5.78. The molecule has 0 saturated carbocycles. The maximum absolute atomic E-state index is 13.1. The molecule has 130 valence electrons. The lowest BCUT2D eigenvalue weighted by molar-refractivity contribution is -0.122. The molecule has 1 aromatic heterocycles. The Morgan fingerprint density at radius 3 is 2.32 bits per heavy atom. The van der Waals surface area contributed by atoms with Gasteiger partial charge in [0, 0.05) is 10.9 Å². The first-order valence-electron chi connectivity index (χ1n) is 7.59. The Kier molecular flexibility index (Phi) is 5.04. The Bertz CT molecular complexity index is 824. The fourth-order valence-corrected chi connectivity index (χ4v) is 3.58. The van der Waals surface area contributed by atoms with Crippen molar-refractivity contribution in [2.75, 3.05) is 4.90 Å². The smallest absolute Gasteiger partial charge is 0.322 e. The highest BCUT2D eigenvalue weighted by molar-refractivity contribution is 9.10. The van der Waals surface area contributed by atoms with Gasteiger partial charge in [-0.05, 0) is 36.2 Å². The molecule has 25 heavy (non-hydrogen) atoms. The van der Waals surface area contributed by atoms with Crippen molar-refractivity contribution < 1.29 is 9.59 Å². The van der Waals surface area contributed by atoms with Crippen LogP contribution in [0.25, 0.3) is 0 Å². The number of hydrogen-bond donors (Lipinski definition) is 1. The van der Waals surface area contributed by atoms with Gasteiger partial charge in [0.15, 0.2) is 0 Å². The molecule has 1 unspecified atom stereocenters. The molecule has 3 amide bonds. The molecular weight excluding hydrogens is 429 g/mol. The molecule has 1 N–H and O–H groups in total. The summed E-state index contributed by atoms with van der Waals surface area (Å²) < 4.78 is 0.950. The van der Waals surface area contributed by atoms with E-state index >= 15 is 0 Å². The summed E-state index contributed by atoms with van der Waals surface area (Å²) in [4.78, 5) is 30.5. The summed E-state index contributed by atoms with van der Waals surface area (Å²) in [5, 5.41) is 3.07. The summed E-state index contributed by atoms with van der Waals surface area (Å²) in [7, 11) is 0. The van der Waals surface area contributed by atoms with E-state index in [2.05, 4.69) is 26.2 Å². The maximum atomic E-state index is 13.1. The number of carbonyl (C=O) groups excluding carboxylic acids is 2. The highest BCUT2D eigenvalue weighted by Gasteiger charge is 2.50. The van der Waals surface area contributed by atoms with Crippen molar-refractivity contribution in [3.05, 3.63) is 56.7 Å². The van der Waals surface area contributed by atoms with Crippen LogP contribution in [0.1, 0.15) is 18.9 Å². The van der Waals surface area contributed by atoms with Crippen LogP contribution in [-0.4, -0.2) is 22.5 Å². The largest absolute Gasteiger partial charge is 0.329 e. The molecule has 3 rings (SSSR count). The third-order valence-electron chi connectivity index (χ3n) is 4.19. The highest BCUT2D eigenvalue weighted by atomic mass is 79.9. The first-order chi connectivity index (χ1) is 11.8. The molecule has 1 aliphatic heterocycles. The Labute approximate surface area is 163 Å². The van der Waals surface area contributed by atoms with Crippen LogP contribution in [0.15, 0.2) is 40.9 Å². The molecule has 0 aliphatic carbocycles. The molecule has 1 atom stereocenters. The van der Waals surface area contributed by atoms with Crippen molar-refractivity contribution in [1.29, 1.82) is 0 Å². The van der Waals surface area contributed by atoms with Crippen molar-refractivity contribution >= 4 is 56.8 Å². The summed E-state index contributed by atoms with van der Waals surface area (Å²) >= 11 is 15.2. The van der Waals surface area contributed by atoms with Gasteiger partial charge in [0.05, 0.1) is 5.69 Å².